The van der Waals surface area contributed by atoms with E-state index in [-0.39, 0.29) is 11.9 Å². The second kappa shape index (κ2) is 8.92. The van der Waals surface area contributed by atoms with E-state index in [4.69, 9.17) is 0 Å². The molecule has 32 heavy (non-hydrogen) atoms. The van der Waals surface area contributed by atoms with Crippen molar-refractivity contribution in [1.29, 1.82) is 0 Å². The first-order valence-corrected chi connectivity index (χ1v) is 12.7. The lowest BCUT2D eigenvalue weighted by Crippen LogP contribution is -2.48. The fourth-order valence-corrected chi connectivity index (χ4v) is 5.14. The zero-order chi connectivity index (χ0) is 22.9. The van der Waals surface area contributed by atoms with Gasteiger partial charge >= 0.3 is 0 Å². The molecule has 1 atom stereocenters. The van der Waals surface area contributed by atoms with Crippen molar-refractivity contribution < 1.29 is 13.2 Å². The number of benzene rings is 3. The third kappa shape index (κ3) is 4.64. The molecule has 0 bridgehead atoms. The van der Waals surface area contributed by atoms with Gasteiger partial charge < -0.3 is 10.2 Å². The van der Waals surface area contributed by atoms with Crippen molar-refractivity contribution in [3.8, 4) is 0 Å². The lowest BCUT2D eigenvalue weighted by molar-refractivity contribution is 0.0939. The van der Waals surface area contributed by atoms with Crippen molar-refractivity contribution in [3.05, 3.63) is 77.4 Å². The molecule has 4 rings (SSSR count). The number of piperazine rings is 1. The molecular weight excluding hydrogens is 422 g/mol. The van der Waals surface area contributed by atoms with Crippen molar-refractivity contribution in [1.82, 2.24) is 9.62 Å². The van der Waals surface area contributed by atoms with Crippen molar-refractivity contribution in [2.24, 2.45) is 0 Å². The number of fused-ring (bicyclic) bond motifs is 1. The van der Waals surface area contributed by atoms with Gasteiger partial charge in [0.2, 0.25) is 10.0 Å². The van der Waals surface area contributed by atoms with Crippen LogP contribution >= 0.6 is 0 Å². The summed E-state index contributed by atoms with van der Waals surface area (Å²) in [5.41, 5.74) is 3.57. The second-order valence-electron chi connectivity index (χ2n) is 8.41. The standard InChI is InChI=1S/C25H29N3O3S/c1-18-11-12-21(27-13-15-28(16-14-27)32(3,30)31)17-24(18)25(29)26-19(2)22-10-6-8-20-7-4-5-9-23(20)22/h4-12,17,19H,13-16H2,1-3H3,(H,26,29)/t19-/m1/s1. The number of hydrogen-bond acceptors (Lipinski definition) is 4. The van der Waals surface area contributed by atoms with Crippen molar-refractivity contribution in [3.63, 3.8) is 0 Å². The van der Waals surface area contributed by atoms with Gasteiger partial charge in [0.05, 0.1) is 12.3 Å². The van der Waals surface area contributed by atoms with E-state index in [1.165, 1.54) is 10.6 Å². The molecule has 168 valence electrons. The summed E-state index contributed by atoms with van der Waals surface area (Å²) in [6, 6.07) is 20.0. The molecule has 3 aromatic rings. The molecule has 0 aliphatic carbocycles. The molecule has 0 aromatic heterocycles. The predicted octanol–water partition coefficient (Wildman–Crippen LogP) is 3.72. The first kappa shape index (κ1) is 22.3. The molecule has 1 heterocycles. The Balaban J connectivity index is 1.52. The average molecular weight is 452 g/mol. The van der Waals surface area contributed by atoms with Gasteiger partial charge in [-0.25, -0.2) is 8.42 Å². The van der Waals surface area contributed by atoms with Crippen molar-refractivity contribution >= 4 is 32.4 Å². The third-order valence-electron chi connectivity index (χ3n) is 6.18. The molecule has 3 aromatic carbocycles. The van der Waals surface area contributed by atoms with Crippen LogP contribution in [-0.4, -0.2) is 51.1 Å². The number of carbonyl (C=O) groups is 1. The van der Waals surface area contributed by atoms with Gasteiger partial charge in [0.25, 0.3) is 5.91 Å². The minimum atomic E-state index is -3.17. The van der Waals surface area contributed by atoms with E-state index in [9.17, 15) is 13.2 Å². The Morgan fingerprint density at radius 1 is 0.969 bits per heavy atom. The minimum absolute atomic E-state index is 0.112. The maximum Gasteiger partial charge on any atom is 0.252 e. The number of aryl methyl sites for hydroxylation is 1. The number of sulfonamides is 1. The zero-order valence-electron chi connectivity index (χ0n) is 18.7. The minimum Gasteiger partial charge on any atom is -0.369 e. The summed E-state index contributed by atoms with van der Waals surface area (Å²) < 4.78 is 25.0. The largest absolute Gasteiger partial charge is 0.369 e. The first-order valence-electron chi connectivity index (χ1n) is 10.8. The number of anilines is 1. The molecule has 1 N–H and O–H groups in total. The molecule has 7 heteroatoms. The summed E-state index contributed by atoms with van der Waals surface area (Å²) in [7, 11) is -3.17. The molecule has 1 fully saturated rings. The van der Waals surface area contributed by atoms with Gasteiger partial charge in [-0.3, -0.25) is 4.79 Å². The third-order valence-corrected chi connectivity index (χ3v) is 7.48. The van der Waals surface area contributed by atoms with Gasteiger partial charge in [-0.15, -0.1) is 0 Å². The van der Waals surface area contributed by atoms with Crippen LogP contribution in [0.25, 0.3) is 10.8 Å². The predicted molar refractivity (Wildman–Crippen MR) is 130 cm³/mol. The average Bonchev–Trinajstić information content (AvgIpc) is 2.78. The van der Waals surface area contributed by atoms with E-state index in [1.807, 2.05) is 50.2 Å². The number of rotatable bonds is 5. The van der Waals surface area contributed by atoms with Crippen LogP contribution < -0.4 is 10.2 Å². The van der Waals surface area contributed by atoms with Gasteiger partial charge in [0, 0.05) is 37.4 Å². The fourth-order valence-electron chi connectivity index (χ4n) is 4.31. The second-order valence-corrected chi connectivity index (χ2v) is 10.4. The molecule has 1 amide bonds. The van der Waals surface area contributed by atoms with E-state index in [0.717, 1.165) is 27.6 Å². The Morgan fingerprint density at radius 3 is 2.38 bits per heavy atom. The molecule has 1 aliphatic rings. The monoisotopic (exact) mass is 451 g/mol. The highest BCUT2D eigenvalue weighted by atomic mass is 32.2. The maximum atomic E-state index is 13.2. The lowest BCUT2D eigenvalue weighted by atomic mass is 9.99. The summed E-state index contributed by atoms with van der Waals surface area (Å²) in [5, 5.41) is 5.44. The highest BCUT2D eigenvalue weighted by Crippen LogP contribution is 2.26. The van der Waals surface area contributed by atoms with Gasteiger partial charge in [0.1, 0.15) is 0 Å². The lowest BCUT2D eigenvalue weighted by Gasteiger charge is -2.35. The topological polar surface area (TPSA) is 69.7 Å². The molecule has 0 radical (unpaired) electrons. The van der Waals surface area contributed by atoms with Crippen LogP contribution in [0.5, 0.6) is 0 Å². The van der Waals surface area contributed by atoms with Crippen molar-refractivity contribution in [2.75, 3.05) is 37.3 Å². The maximum absolute atomic E-state index is 13.2. The number of nitrogens with zero attached hydrogens (tertiary/aromatic N) is 2. The molecular formula is C25H29N3O3S. The highest BCUT2D eigenvalue weighted by Gasteiger charge is 2.24. The Hall–Kier alpha value is -2.90. The number of carbonyl (C=O) groups excluding carboxylic acids is 1. The quantitative estimate of drug-likeness (QED) is 0.642. The Labute approximate surface area is 189 Å². The SMILES string of the molecule is Cc1ccc(N2CCN(S(C)(=O)=O)CC2)cc1C(=O)N[C@H](C)c1cccc2ccccc12. The molecule has 0 spiro atoms. The smallest absolute Gasteiger partial charge is 0.252 e. The highest BCUT2D eigenvalue weighted by molar-refractivity contribution is 7.88. The van der Waals surface area contributed by atoms with Gasteiger partial charge in [-0.05, 0) is 47.9 Å². The summed E-state index contributed by atoms with van der Waals surface area (Å²) in [6.45, 7) is 6.04. The van der Waals surface area contributed by atoms with Gasteiger partial charge in [-0.2, -0.15) is 4.31 Å². The summed E-state index contributed by atoms with van der Waals surface area (Å²) >= 11 is 0. The van der Waals surface area contributed by atoms with Crippen LogP contribution in [0.4, 0.5) is 5.69 Å². The van der Waals surface area contributed by atoms with E-state index in [1.54, 1.807) is 0 Å². The van der Waals surface area contributed by atoms with Crippen LogP contribution in [0, 0.1) is 6.92 Å². The summed E-state index contributed by atoms with van der Waals surface area (Å²) in [4.78, 5) is 15.3. The zero-order valence-corrected chi connectivity index (χ0v) is 19.5. The van der Waals surface area contributed by atoms with E-state index < -0.39 is 10.0 Å². The van der Waals surface area contributed by atoms with Crippen LogP contribution in [0.2, 0.25) is 0 Å². The Kier molecular flexibility index (Phi) is 6.22. The van der Waals surface area contributed by atoms with Gasteiger partial charge in [0.15, 0.2) is 0 Å². The fraction of sp³-hybridized carbons (Fsp3) is 0.320. The Bertz CT molecular complexity index is 1240. The summed E-state index contributed by atoms with van der Waals surface area (Å²) in [6.07, 6.45) is 1.24. The molecule has 0 unspecified atom stereocenters. The van der Waals surface area contributed by atoms with Gasteiger partial charge in [-0.1, -0.05) is 48.5 Å². The van der Waals surface area contributed by atoms with Crippen molar-refractivity contribution in [2.45, 2.75) is 19.9 Å². The molecule has 1 saturated heterocycles. The van der Waals surface area contributed by atoms with Crippen LogP contribution in [0.3, 0.4) is 0 Å². The first-order chi connectivity index (χ1) is 15.2. The van der Waals surface area contributed by atoms with Crippen LogP contribution in [0.15, 0.2) is 60.7 Å². The summed E-state index contributed by atoms with van der Waals surface area (Å²) in [5.74, 6) is -0.112. The number of nitrogens with one attached hydrogen (secondary N) is 1. The van der Waals surface area contributed by atoms with E-state index >= 15 is 0 Å². The molecule has 1 aliphatic heterocycles. The normalized spacial score (nSPS) is 16.2. The number of amides is 1. The molecule has 0 saturated carbocycles. The van der Waals surface area contributed by atoms with Crippen LogP contribution in [-0.2, 0) is 10.0 Å². The molecule has 6 nitrogen and oxygen atoms in total. The van der Waals surface area contributed by atoms with Crippen LogP contribution in [0.1, 0.15) is 34.5 Å². The number of hydrogen-bond donors (Lipinski definition) is 1. The van der Waals surface area contributed by atoms with E-state index in [0.29, 0.717) is 31.7 Å². The van der Waals surface area contributed by atoms with E-state index in [2.05, 4.69) is 34.5 Å². The Morgan fingerprint density at radius 2 is 1.66 bits per heavy atom.